The number of rotatable bonds is 7. The Kier molecular flexibility index (Phi) is 6.19. The first-order chi connectivity index (χ1) is 12.6. The monoisotopic (exact) mass is 361 g/mol. The van der Waals surface area contributed by atoms with Crippen molar-refractivity contribution in [3.05, 3.63) is 35.9 Å². The van der Waals surface area contributed by atoms with Crippen molar-refractivity contribution in [3.63, 3.8) is 0 Å². The fraction of sp³-hybridized carbons (Fsp3) is 0.632. The van der Waals surface area contributed by atoms with Gasteiger partial charge in [-0.25, -0.2) is 9.07 Å². The molecule has 7 heteroatoms. The third-order valence-corrected chi connectivity index (χ3v) is 5.29. The number of hydrogen-bond acceptors (Lipinski definition) is 4. The molecule has 3 rings (SSSR count). The second-order valence-corrected chi connectivity index (χ2v) is 7.50. The lowest BCUT2D eigenvalue weighted by atomic mass is 10.1. The standard InChI is InChI=1S/C19H29FN6/c1-4-17(19-21-22-23-26(19)10-9-15(2)3)24-11-13-25(14-12-24)18-8-6-5-7-16(18)20/h5-8,15,17H,4,9-14H2,1-3H3/p+1/t17-/m0/s1. The molecule has 2 aromatic rings. The summed E-state index contributed by atoms with van der Waals surface area (Å²) in [4.78, 5) is 3.63. The Hall–Kier alpha value is -2.02. The van der Waals surface area contributed by atoms with Crippen molar-refractivity contribution in [3.8, 4) is 0 Å². The Morgan fingerprint density at radius 1 is 1.19 bits per heavy atom. The van der Waals surface area contributed by atoms with E-state index in [1.165, 1.54) is 11.0 Å². The Bertz CT molecular complexity index is 693. The van der Waals surface area contributed by atoms with Gasteiger partial charge in [0, 0.05) is 13.0 Å². The highest BCUT2D eigenvalue weighted by atomic mass is 19.1. The van der Waals surface area contributed by atoms with E-state index >= 15 is 0 Å². The quantitative estimate of drug-likeness (QED) is 0.816. The number of nitrogens with one attached hydrogen (secondary N) is 1. The number of tetrazole rings is 1. The van der Waals surface area contributed by atoms with Crippen LogP contribution in [0.25, 0.3) is 0 Å². The predicted molar refractivity (Wildman–Crippen MR) is 99.6 cm³/mol. The van der Waals surface area contributed by atoms with Crippen molar-refractivity contribution in [1.82, 2.24) is 20.2 Å². The molecule has 0 spiro atoms. The molecule has 1 aliphatic rings. The summed E-state index contributed by atoms with van der Waals surface area (Å²) in [6.07, 6.45) is 2.07. The van der Waals surface area contributed by atoms with Crippen LogP contribution in [-0.2, 0) is 6.54 Å². The highest BCUT2D eigenvalue weighted by molar-refractivity contribution is 5.47. The molecule has 0 saturated carbocycles. The van der Waals surface area contributed by atoms with Gasteiger partial charge in [0.15, 0.2) is 0 Å². The molecular weight excluding hydrogens is 331 g/mol. The third-order valence-electron chi connectivity index (χ3n) is 5.29. The molecular formula is C19H30FN6+. The Morgan fingerprint density at radius 2 is 1.92 bits per heavy atom. The zero-order chi connectivity index (χ0) is 18.5. The number of hydrogen-bond donors (Lipinski definition) is 1. The van der Waals surface area contributed by atoms with Crippen molar-refractivity contribution in [1.29, 1.82) is 0 Å². The van der Waals surface area contributed by atoms with E-state index in [-0.39, 0.29) is 5.82 Å². The molecule has 6 nitrogen and oxygen atoms in total. The van der Waals surface area contributed by atoms with E-state index in [9.17, 15) is 4.39 Å². The zero-order valence-electron chi connectivity index (χ0n) is 16.0. The van der Waals surface area contributed by atoms with Gasteiger partial charge in [-0.15, -0.1) is 5.10 Å². The van der Waals surface area contributed by atoms with Gasteiger partial charge in [0.1, 0.15) is 11.9 Å². The minimum absolute atomic E-state index is 0.138. The molecule has 142 valence electrons. The van der Waals surface area contributed by atoms with Gasteiger partial charge in [-0.05, 0) is 34.9 Å². The molecule has 1 aliphatic heterocycles. The second-order valence-electron chi connectivity index (χ2n) is 7.50. The number of benzene rings is 1. The predicted octanol–water partition coefficient (Wildman–Crippen LogP) is 1.71. The van der Waals surface area contributed by atoms with Crippen molar-refractivity contribution in [2.24, 2.45) is 5.92 Å². The summed E-state index contributed by atoms with van der Waals surface area (Å²) in [5, 5.41) is 12.5. The average molecular weight is 361 g/mol. The van der Waals surface area contributed by atoms with Crippen LogP contribution in [0, 0.1) is 11.7 Å². The van der Waals surface area contributed by atoms with E-state index in [1.807, 2.05) is 16.8 Å². The molecule has 0 amide bonds. The minimum atomic E-state index is -0.138. The number of para-hydroxylation sites is 1. The summed E-state index contributed by atoms with van der Waals surface area (Å²) in [5.41, 5.74) is 0.710. The van der Waals surface area contributed by atoms with Gasteiger partial charge in [0.2, 0.25) is 5.82 Å². The maximum atomic E-state index is 14.0. The molecule has 0 bridgehead atoms. The van der Waals surface area contributed by atoms with E-state index in [0.717, 1.165) is 51.4 Å². The first kappa shape index (κ1) is 18.8. The zero-order valence-corrected chi connectivity index (χ0v) is 16.0. The summed E-state index contributed by atoms with van der Waals surface area (Å²) in [6, 6.07) is 7.33. The van der Waals surface area contributed by atoms with Gasteiger partial charge in [-0.1, -0.05) is 32.9 Å². The van der Waals surface area contributed by atoms with E-state index < -0.39 is 0 Å². The number of piperazine rings is 1. The fourth-order valence-corrected chi connectivity index (χ4v) is 3.75. The molecule has 1 atom stereocenters. The minimum Gasteiger partial charge on any atom is -0.358 e. The van der Waals surface area contributed by atoms with Crippen LogP contribution in [0.15, 0.2) is 24.3 Å². The maximum absolute atomic E-state index is 14.0. The fourth-order valence-electron chi connectivity index (χ4n) is 3.75. The first-order valence-corrected chi connectivity index (χ1v) is 9.70. The van der Waals surface area contributed by atoms with Crippen LogP contribution in [0.1, 0.15) is 45.5 Å². The van der Waals surface area contributed by atoms with Crippen molar-refractivity contribution < 1.29 is 9.29 Å². The maximum Gasteiger partial charge on any atom is 0.209 e. The van der Waals surface area contributed by atoms with E-state index in [2.05, 4.69) is 41.2 Å². The lowest BCUT2D eigenvalue weighted by molar-refractivity contribution is -0.933. The first-order valence-electron chi connectivity index (χ1n) is 9.70. The molecule has 0 unspecified atom stereocenters. The van der Waals surface area contributed by atoms with Gasteiger partial charge < -0.3 is 9.80 Å². The topological polar surface area (TPSA) is 51.3 Å². The number of quaternary nitrogens is 1. The van der Waals surface area contributed by atoms with E-state index in [4.69, 9.17) is 0 Å². The van der Waals surface area contributed by atoms with Crippen molar-refractivity contribution >= 4 is 5.69 Å². The van der Waals surface area contributed by atoms with Crippen LogP contribution in [-0.4, -0.2) is 46.4 Å². The molecule has 1 saturated heterocycles. The normalized spacial score (nSPS) is 17.0. The SMILES string of the molecule is CC[C@@H](c1nnnn1CCC(C)C)[NH+]1CCN(c2ccccc2F)CC1. The van der Waals surface area contributed by atoms with Crippen LogP contribution >= 0.6 is 0 Å². The van der Waals surface area contributed by atoms with E-state index in [1.54, 1.807) is 6.07 Å². The van der Waals surface area contributed by atoms with Gasteiger partial charge in [0.05, 0.1) is 31.9 Å². The van der Waals surface area contributed by atoms with Gasteiger partial charge in [-0.2, -0.15) is 0 Å². The van der Waals surface area contributed by atoms with Crippen LogP contribution in [0.3, 0.4) is 0 Å². The summed E-state index contributed by atoms with van der Waals surface area (Å²) < 4.78 is 16.0. The second kappa shape index (κ2) is 8.58. The third kappa shape index (κ3) is 4.20. The number of aryl methyl sites for hydroxylation is 1. The van der Waals surface area contributed by atoms with Crippen LogP contribution in [0.5, 0.6) is 0 Å². The molecule has 2 heterocycles. The Balaban J connectivity index is 1.66. The van der Waals surface area contributed by atoms with Crippen molar-refractivity contribution in [2.75, 3.05) is 31.1 Å². The van der Waals surface area contributed by atoms with Gasteiger partial charge >= 0.3 is 0 Å². The lowest BCUT2D eigenvalue weighted by Gasteiger charge is -2.37. The molecule has 1 N–H and O–H groups in total. The lowest BCUT2D eigenvalue weighted by Crippen LogP contribution is -3.15. The molecule has 1 aromatic carbocycles. The van der Waals surface area contributed by atoms with Crippen molar-refractivity contribution in [2.45, 2.75) is 46.2 Å². The highest BCUT2D eigenvalue weighted by Crippen LogP contribution is 2.19. The Labute approximate surface area is 155 Å². The number of halogens is 1. The average Bonchev–Trinajstić information content (AvgIpc) is 3.10. The number of aromatic nitrogens is 4. The number of nitrogens with zero attached hydrogens (tertiary/aromatic N) is 5. The molecule has 26 heavy (non-hydrogen) atoms. The van der Waals surface area contributed by atoms with Gasteiger partial charge in [-0.3, -0.25) is 0 Å². The van der Waals surface area contributed by atoms with Gasteiger partial charge in [0.25, 0.3) is 0 Å². The number of anilines is 1. The molecule has 0 aliphatic carbocycles. The van der Waals surface area contributed by atoms with Crippen LogP contribution < -0.4 is 9.80 Å². The summed E-state index contributed by atoms with van der Waals surface area (Å²) >= 11 is 0. The molecule has 0 radical (unpaired) electrons. The van der Waals surface area contributed by atoms with Crippen LogP contribution in [0.2, 0.25) is 0 Å². The molecule has 1 aromatic heterocycles. The highest BCUT2D eigenvalue weighted by Gasteiger charge is 2.31. The summed E-state index contributed by atoms with van der Waals surface area (Å²) in [6.45, 7) is 11.1. The summed E-state index contributed by atoms with van der Waals surface area (Å²) in [7, 11) is 0. The Morgan fingerprint density at radius 3 is 2.58 bits per heavy atom. The van der Waals surface area contributed by atoms with Crippen LogP contribution in [0.4, 0.5) is 10.1 Å². The summed E-state index contributed by atoms with van der Waals surface area (Å²) in [5.74, 6) is 1.48. The molecule has 1 fully saturated rings. The van der Waals surface area contributed by atoms with E-state index in [0.29, 0.717) is 17.6 Å². The smallest absolute Gasteiger partial charge is 0.209 e. The largest absolute Gasteiger partial charge is 0.358 e.